The molecular weight excluding hydrogens is 286 g/mol. The van der Waals surface area contributed by atoms with Gasteiger partial charge < -0.3 is 15.3 Å². The maximum Gasteiger partial charge on any atom is 0.127 e. The molecule has 0 saturated heterocycles. The summed E-state index contributed by atoms with van der Waals surface area (Å²) < 4.78 is 2.14. The molecule has 0 aliphatic rings. The number of H-pyrrole nitrogens is 1. The molecule has 0 radical (unpaired) electrons. The SMILES string of the molecule is CCCn1c(C(N)Cc2cnc[nH]2)nc2cccc(Cl)c21. The van der Waals surface area contributed by atoms with Gasteiger partial charge in [0.1, 0.15) is 5.82 Å². The van der Waals surface area contributed by atoms with Crippen LogP contribution in [0.25, 0.3) is 11.0 Å². The number of hydrogen-bond donors (Lipinski definition) is 2. The Morgan fingerprint density at radius 1 is 1.43 bits per heavy atom. The lowest BCUT2D eigenvalue weighted by Crippen LogP contribution is -2.19. The van der Waals surface area contributed by atoms with E-state index in [0.29, 0.717) is 11.4 Å². The normalized spacial score (nSPS) is 12.9. The van der Waals surface area contributed by atoms with Crippen molar-refractivity contribution >= 4 is 22.6 Å². The molecular formula is C15H18ClN5. The molecule has 5 nitrogen and oxygen atoms in total. The first-order valence-corrected chi connectivity index (χ1v) is 7.46. The highest BCUT2D eigenvalue weighted by Crippen LogP contribution is 2.27. The Labute approximate surface area is 128 Å². The molecule has 2 aromatic heterocycles. The summed E-state index contributed by atoms with van der Waals surface area (Å²) in [7, 11) is 0. The number of nitrogens with one attached hydrogen (secondary N) is 1. The lowest BCUT2D eigenvalue weighted by atomic mass is 10.1. The summed E-state index contributed by atoms with van der Waals surface area (Å²) in [5.74, 6) is 0.870. The smallest absolute Gasteiger partial charge is 0.127 e. The highest BCUT2D eigenvalue weighted by atomic mass is 35.5. The fraction of sp³-hybridized carbons (Fsp3) is 0.333. The molecule has 0 fully saturated rings. The number of fused-ring (bicyclic) bond motifs is 1. The predicted octanol–water partition coefficient (Wildman–Crippen LogP) is 3.07. The average molecular weight is 304 g/mol. The number of aromatic amines is 1. The topological polar surface area (TPSA) is 72.5 Å². The van der Waals surface area contributed by atoms with Crippen LogP contribution in [0, 0.1) is 0 Å². The van der Waals surface area contributed by atoms with Crippen LogP contribution >= 0.6 is 11.6 Å². The number of halogens is 1. The van der Waals surface area contributed by atoms with Crippen molar-refractivity contribution in [3.63, 3.8) is 0 Å². The van der Waals surface area contributed by atoms with Gasteiger partial charge >= 0.3 is 0 Å². The minimum atomic E-state index is -0.194. The predicted molar refractivity (Wildman–Crippen MR) is 84.3 cm³/mol. The van der Waals surface area contributed by atoms with Crippen molar-refractivity contribution in [2.45, 2.75) is 32.4 Å². The zero-order valence-electron chi connectivity index (χ0n) is 11.9. The number of aromatic nitrogens is 4. The van der Waals surface area contributed by atoms with Gasteiger partial charge in [-0.15, -0.1) is 0 Å². The van der Waals surface area contributed by atoms with Gasteiger partial charge in [0.15, 0.2) is 0 Å². The van der Waals surface area contributed by atoms with Gasteiger partial charge in [0.25, 0.3) is 0 Å². The highest BCUT2D eigenvalue weighted by Gasteiger charge is 2.19. The maximum atomic E-state index is 6.36. The Morgan fingerprint density at radius 3 is 3.00 bits per heavy atom. The number of nitrogens with two attached hydrogens (primary N) is 1. The molecule has 21 heavy (non-hydrogen) atoms. The summed E-state index contributed by atoms with van der Waals surface area (Å²) in [6.07, 6.45) is 5.12. The van der Waals surface area contributed by atoms with Gasteiger partial charge in [-0.1, -0.05) is 24.6 Å². The van der Waals surface area contributed by atoms with Gasteiger partial charge in [0.05, 0.1) is 28.4 Å². The number of nitrogens with zero attached hydrogens (tertiary/aromatic N) is 3. The van der Waals surface area contributed by atoms with Crippen molar-refractivity contribution < 1.29 is 0 Å². The van der Waals surface area contributed by atoms with E-state index in [1.165, 1.54) is 0 Å². The molecule has 3 N–H and O–H groups in total. The molecule has 3 aromatic rings. The third-order valence-corrected chi connectivity index (χ3v) is 3.83. The van der Waals surface area contributed by atoms with Crippen LogP contribution in [0.4, 0.5) is 0 Å². The van der Waals surface area contributed by atoms with E-state index >= 15 is 0 Å². The van der Waals surface area contributed by atoms with E-state index in [2.05, 4.69) is 21.5 Å². The minimum Gasteiger partial charge on any atom is -0.348 e. The molecule has 0 aliphatic carbocycles. The van der Waals surface area contributed by atoms with Crippen LogP contribution in [0.15, 0.2) is 30.7 Å². The van der Waals surface area contributed by atoms with Crippen molar-refractivity contribution in [3.05, 3.63) is 47.3 Å². The summed E-state index contributed by atoms with van der Waals surface area (Å²) in [6, 6.07) is 5.58. The van der Waals surface area contributed by atoms with E-state index in [1.807, 2.05) is 18.2 Å². The highest BCUT2D eigenvalue weighted by molar-refractivity contribution is 6.35. The Bertz CT molecular complexity index is 732. The van der Waals surface area contributed by atoms with Gasteiger partial charge in [-0.3, -0.25) is 0 Å². The number of imidazole rings is 2. The zero-order chi connectivity index (χ0) is 14.8. The van der Waals surface area contributed by atoms with E-state index in [9.17, 15) is 0 Å². The standard InChI is InChI=1S/C15H18ClN5/c1-2-6-21-14-11(16)4-3-5-13(14)20-15(21)12(17)7-10-8-18-9-19-10/h3-5,8-9,12H,2,6-7,17H2,1H3,(H,18,19). The van der Waals surface area contributed by atoms with Gasteiger partial charge in [0, 0.05) is 24.9 Å². The van der Waals surface area contributed by atoms with Gasteiger partial charge in [-0.2, -0.15) is 0 Å². The largest absolute Gasteiger partial charge is 0.348 e. The summed E-state index contributed by atoms with van der Waals surface area (Å²) in [5, 5.41) is 0.716. The van der Waals surface area contributed by atoms with Gasteiger partial charge in [-0.25, -0.2) is 9.97 Å². The second-order valence-corrected chi connectivity index (χ2v) is 5.52. The quantitative estimate of drug-likeness (QED) is 0.761. The van der Waals surface area contributed by atoms with Crippen molar-refractivity contribution in [3.8, 4) is 0 Å². The maximum absolute atomic E-state index is 6.36. The first kappa shape index (κ1) is 14.1. The van der Waals surface area contributed by atoms with Crippen molar-refractivity contribution in [1.82, 2.24) is 19.5 Å². The lowest BCUT2D eigenvalue weighted by Gasteiger charge is -2.13. The Kier molecular flexibility index (Phi) is 3.94. The third kappa shape index (κ3) is 2.66. The van der Waals surface area contributed by atoms with Crippen LogP contribution in [0.1, 0.15) is 30.9 Å². The molecule has 0 saturated carbocycles. The monoisotopic (exact) mass is 303 g/mol. The minimum absolute atomic E-state index is 0.194. The molecule has 2 heterocycles. The molecule has 1 aromatic carbocycles. The molecule has 0 aliphatic heterocycles. The summed E-state index contributed by atoms with van der Waals surface area (Å²) >= 11 is 6.34. The van der Waals surface area contributed by atoms with Crippen LogP contribution in [0.3, 0.4) is 0 Å². The van der Waals surface area contributed by atoms with E-state index in [4.69, 9.17) is 22.3 Å². The Balaban J connectivity index is 2.04. The van der Waals surface area contributed by atoms with E-state index in [-0.39, 0.29) is 6.04 Å². The molecule has 0 bridgehead atoms. The van der Waals surface area contributed by atoms with Crippen molar-refractivity contribution in [1.29, 1.82) is 0 Å². The number of para-hydroxylation sites is 1. The zero-order valence-corrected chi connectivity index (χ0v) is 12.6. The fourth-order valence-electron chi connectivity index (χ4n) is 2.62. The van der Waals surface area contributed by atoms with E-state index in [0.717, 1.165) is 35.5 Å². The molecule has 110 valence electrons. The number of benzene rings is 1. The van der Waals surface area contributed by atoms with E-state index in [1.54, 1.807) is 12.5 Å². The van der Waals surface area contributed by atoms with E-state index < -0.39 is 0 Å². The van der Waals surface area contributed by atoms with Gasteiger partial charge in [-0.05, 0) is 18.6 Å². The number of aryl methyl sites for hydroxylation is 1. The molecule has 0 spiro atoms. The Hall–Kier alpha value is -1.85. The van der Waals surface area contributed by atoms with Crippen molar-refractivity contribution in [2.24, 2.45) is 5.73 Å². The third-order valence-electron chi connectivity index (χ3n) is 3.52. The molecule has 6 heteroatoms. The van der Waals surface area contributed by atoms with Crippen molar-refractivity contribution in [2.75, 3.05) is 0 Å². The van der Waals surface area contributed by atoms with Crippen LogP contribution in [-0.4, -0.2) is 19.5 Å². The van der Waals surface area contributed by atoms with Gasteiger partial charge in [0.2, 0.25) is 0 Å². The average Bonchev–Trinajstić information content (AvgIpc) is 3.08. The second-order valence-electron chi connectivity index (χ2n) is 5.12. The summed E-state index contributed by atoms with van der Waals surface area (Å²) in [5.41, 5.74) is 9.22. The molecule has 1 unspecified atom stereocenters. The summed E-state index contributed by atoms with van der Waals surface area (Å²) in [6.45, 7) is 2.99. The Morgan fingerprint density at radius 2 is 2.29 bits per heavy atom. The van der Waals surface area contributed by atoms with Crippen LogP contribution in [0.5, 0.6) is 0 Å². The van der Waals surface area contributed by atoms with Crippen LogP contribution in [-0.2, 0) is 13.0 Å². The first-order valence-electron chi connectivity index (χ1n) is 7.08. The molecule has 3 rings (SSSR count). The number of rotatable bonds is 5. The lowest BCUT2D eigenvalue weighted by molar-refractivity contribution is 0.581. The second kappa shape index (κ2) is 5.87. The molecule has 0 amide bonds. The summed E-state index contributed by atoms with van der Waals surface area (Å²) in [4.78, 5) is 11.8. The molecule has 1 atom stereocenters. The number of hydrogen-bond acceptors (Lipinski definition) is 3. The van der Waals surface area contributed by atoms with Crippen LogP contribution < -0.4 is 5.73 Å². The fourth-order valence-corrected chi connectivity index (χ4v) is 2.89. The van der Waals surface area contributed by atoms with Crippen LogP contribution in [0.2, 0.25) is 5.02 Å². The first-order chi connectivity index (χ1) is 10.2.